The Morgan fingerprint density at radius 1 is 1.18 bits per heavy atom. The Morgan fingerprint density at radius 2 is 1.86 bits per heavy atom. The second-order valence-electron chi connectivity index (χ2n) is 5.43. The Labute approximate surface area is 131 Å². The summed E-state index contributed by atoms with van der Waals surface area (Å²) in [7, 11) is -2.59. The molecule has 0 aliphatic rings. The molecule has 2 rings (SSSR count). The third-order valence-corrected chi connectivity index (χ3v) is 4.19. The second-order valence-corrected chi connectivity index (χ2v) is 7.17. The minimum absolute atomic E-state index is 0.587. The number of rotatable bonds is 7. The summed E-state index contributed by atoms with van der Waals surface area (Å²) >= 11 is 0. The summed E-state index contributed by atoms with van der Waals surface area (Å²) in [5, 5.41) is 9.67. The van der Waals surface area contributed by atoms with Crippen LogP contribution >= 0.6 is 0 Å². The first kappa shape index (κ1) is 16.7. The van der Waals surface area contributed by atoms with Gasteiger partial charge in [0.1, 0.15) is 12.1 Å². The maximum atomic E-state index is 11.2. The fourth-order valence-corrected chi connectivity index (χ4v) is 2.65. The van der Waals surface area contributed by atoms with Crippen LogP contribution in [-0.4, -0.2) is 33.1 Å². The van der Waals surface area contributed by atoms with Crippen molar-refractivity contribution in [2.75, 3.05) is 18.4 Å². The largest absolute Gasteiger partial charge is 0.369 e. The Bertz CT molecular complexity index is 758. The van der Waals surface area contributed by atoms with Crippen LogP contribution in [0.15, 0.2) is 18.5 Å². The number of hydrogen-bond acceptors (Lipinski definition) is 4. The van der Waals surface area contributed by atoms with Crippen LogP contribution in [0.1, 0.15) is 24.0 Å². The second kappa shape index (κ2) is 7.04. The number of fused-ring (bicyclic) bond motifs is 1. The van der Waals surface area contributed by atoms with Crippen molar-refractivity contribution < 1.29 is 4.21 Å². The molecule has 1 unspecified atom stereocenters. The SMILES string of the molecule is C=S(N)(=O)NCCCCNc1ncnc2cc(C)c(C)cc12. The average Bonchev–Trinajstić information content (AvgIpc) is 2.43. The maximum Gasteiger partial charge on any atom is 0.137 e. The smallest absolute Gasteiger partial charge is 0.137 e. The lowest BCUT2D eigenvalue weighted by Crippen LogP contribution is -2.31. The molecule has 0 aliphatic carbocycles. The van der Waals surface area contributed by atoms with Gasteiger partial charge in [-0.25, -0.2) is 24.0 Å². The van der Waals surface area contributed by atoms with Crippen LogP contribution in [-0.2, 0) is 9.89 Å². The summed E-state index contributed by atoms with van der Waals surface area (Å²) in [5.74, 6) is 4.20. The molecule has 1 heterocycles. The molecule has 7 heteroatoms. The Morgan fingerprint density at radius 3 is 2.59 bits per heavy atom. The summed E-state index contributed by atoms with van der Waals surface area (Å²) in [6, 6.07) is 4.19. The third kappa shape index (κ3) is 4.66. The van der Waals surface area contributed by atoms with E-state index in [1.165, 1.54) is 11.1 Å². The highest BCUT2D eigenvalue weighted by atomic mass is 32.2. The van der Waals surface area contributed by atoms with Gasteiger partial charge < -0.3 is 5.32 Å². The molecule has 0 saturated heterocycles. The zero-order chi connectivity index (χ0) is 16.2. The highest BCUT2D eigenvalue weighted by molar-refractivity contribution is 7.96. The Kier molecular flexibility index (Phi) is 5.33. The fourth-order valence-electron chi connectivity index (χ4n) is 2.16. The first-order chi connectivity index (χ1) is 10.4. The normalized spacial score (nSPS) is 14.0. The molecule has 2 aromatic rings. The standard InChI is InChI=1S/C15H23N5OS/c1-11-8-13-14(9-12(11)2)18-10-19-15(13)17-6-4-5-7-20-22(3,16)21/h8-10H,3-7H2,1-2H3,(H3,16,20,21)(H,17,18,19). The molecule has 0 saturated carbocycles. The summed E-state index contributed by atoms with van der Waals surface area (Å²) < 4.78 is 13.9. The van der Waals surface area contributed by atoms with Crippen molar-refractivity contribution in [3.05, 3.63) is 29.6 Å². The fraction of sp³-hybridized carbons (Fsp3) is 0.400. The van der Waals surface area contributed by atoms with Crippen LogP contribution in [0.5, 0.6) is 0 Å². The molecule has 0 radical (unpaired) electrons. The van der Waals surface area contributed by atoms with E-state index in [1.54, 1.807) is 6.33 Å². The molecule has 0 amide bonds. The average molecular weight is 321 g/mol. The quantitative estimate of drug-likeness (QED) is 0.532. The van der Waals surface area contributed by atoms with Gasteiger partial charge in [0.05, 0.1) is 15.4 Å². The van der Waals surface area contributed by atoms with Crippen LogP contribution in [0.25, 0.3) is 10.9 Å². The molecule has 22 heavy (non-hydrogen) atoms. The number of hydrogen-bond donors (Lipinski definition) is 3. The molecule has 0 bridgehead atoms. The van der Waals surface area contributed by atoms with Gasteiger partial charge in [0.2, 0.25) is 0 Å². The van der Waals surface area contributed by atoms with Crippen molar-refractivity contribution in [1.82, 2.24) is 14.7 Å². The highest BCUT2D eigenvalue weighted by Gasteiger charge is 2.05. The van der Waals surface area contributed by atoms with E-state index in [-0.39, 0.29) is 0 Å². The van der Waals surface area contributed by atoms with Crippen molar-refractivity contribution in [2.45, 2.75) is 26.7 Å². The van der Waals surface area contributed by atoms with Gasteiger partial charge in [0, 0.05) is 18.5 Å². The van der Waals surface area contributed by atoms with Gasteiger partial charge >= 0.3 is 0 Å². The molecule has 0 aliphatic heterocycles. The van der Waals surface area contributed by atoms with E-state index in [9.17, 15) is 4.21 Å². The lowest BCUT2D eigenvalue weighted by atomic mass is 10.1. The number of benzene rings is 1. The molecule has 6 nitrogen and oxygen atoms in total. The van der Waals surface area contributed by atoms with Gasteiger partial charge in [-0.3, -0.25) is 0 Å². The van der Waals surface area contributed by atoms with E-state index in [0.717, 1.165) is 36.1 Å². The molecule has 1 atom stereocenters. The molecular formula is C15H23N5OS. The van der Waals surface area contributed by atoms with E-state index in [0.29, 0.717) is 6.54 Å². The number of unbranched alkanes of at least 4 members (excludes halogenated alkanes) is 1. The van der Waals surface area contributed by atoms with E-state index in [4.69, 9.17) is 5.14 Å². The molecule has 4 N–H and O–H groups in total. The van der Waals surface area contributed by atoms with Crippen molar-refractivity contribution in [3.8, 4) is 0 Å². The number of nitrogens with one attached hydrogen (secondary N) is 2. The van der Waals surface area contributed by atoms with Crippen molar-refractivity contribution in [1.29, 1.82) is 0 Å². The predicted octanol–water partition coefficient (Wildman–Crippen LogP) is 1.53. The minimum atomic E-state index is -2.59. The van der Waals surface area contributed by atoms with Crippen molar-refractivity contribution in [3.63, 3.8) is 0 Å². The number of nitrogens with zero attached hydrogens (tertiary/aromatic N) is 2. The highest BCUT2D eigenvalue weighted by Crippen LogP contribution is 2.22. The van der Waals surface area contributed by atoms with Gasteiger partial charge in [-0.15, -0.1) is 0 Å². The van der Waals surface area contributed by atoms with Gasteiger partial charge in [0.25, 0.3) is 0 Å². The first-order valence-electron chi connectivity index (χ1n) is 7.22. The number of anilines is 1. The number of aryl methyl sites for hydroxylation is 2. The van der Waals surface area contributed by atoms with Gasteiger partial charge in [0.15, 0.2) is 0 Å². The summed E-state index contributed by atoms with van der Waals surface area (Å²) in [6.45, 7) is 5.53. The molecule has 120 valence electrons. The van der Waals surface area contributed by atoms with E-state index >= 15 is 0 Å². The molecule has 1 aromatic carbocycles. The summed E-state index contributed by atoms with van der Waals surface area (Å²) in [4.78, 5) is 8.64. The lowest BCUT2D eigenvalue weighted by Gasteiger charge is -2.10. The van der Waals surface area contributed by atoms with Crippen LogP contribution in [0, 0.1) is 13.8 Å². The zero-order valence-electron chi connectivity index (χ0n) is 13.1. The predicted molar refractivity (Wildman–Crippen MR) is 94.2 cm³/mol. The van der Waals surface area contributed by atoms with E-state index in [1.807, 2.05) is 0 Å². The minimum Gasteiger partial charge on any atom is -0.369 e. The Balaban J connectivity index is 1.93. The van der Waals surface area contributed by atoms with Gasteiger partial charge in [-0.2, -0.15) is 0 Å². The molecule has 0 spiro atoms. The topological polar surface area (TPSA) is 92.9 Å². The third-order valence-electron chi connectivity index (χ3n) is 3.49. The molecule has 0 fully saturated rings. The number of aromatic nitrogens is 2. The molecular weight excluding hydrogens is 298 g/mol. The Hall–Kier alpha value is -1.70. The van der Waals surface area contributed by atoms with E-state index in [2.05, 4.69) is 51.9 Å². The lowest BCUT2D eigenvalue weighted by molar-refractivity contribution is 0.662. The zero-order valence-corrected chi connectivity index (χ0v) is 13.9. The monoisotopic (exact) mass is 321 g/mol. The number of nitrogens with two attached hydrogens (primary N) is 1. The first-order valence-corrected chi connectivity index (χ1v) is 9.01. The van der Waals surface area contributed by atoms with Crippen LogP contribution < -0.4 is 15.2 Å². The summed E-state index contributed by atoms with van der Waals surface area (Å²) in [6.07, 6.45) is 3.35. The van der Waals surface area contributed by atoms with Crippen LogP contribution in [0.4, 0.5) is 5.82 Å². The summed E-state index contributed by atoms with van der Waals surface area (Å²) in [5.41, 5.74) is 3.40. The molecule has 1 aromatic heterocycles. The van der Waals surface area contributed by atoms with Crippen LogP contribution in [0.3, 0.4) is 0 Å². The van der Waals surface area contributed by atoms with E-state index < -0.39 is 9.89 Å². The maximum absolute atomic E-state index is 11.2. The van der Waals surface area contributed by atoms with Crippen molar-refractivity contribution >= 4 is 32.5 Å². The van der Waals surface area contributed by atoms with Gasteiger partial charge in [-0.05, 0) is 55.8 Å². The van der Waals surface area contributed by atoms with Crippen LogP contribution in [0.2, 0.25) is 0 Å². The van der Waals surface area contributed by atoms with Crippen molar-refractivity contribution in [2.24, 2.45) is 5.14 Å². The van der Waals surface area contributed by atoms with Gasteiger partial charge in [-0.1, -0.05) is 0 Å².